The number of likely N-dealkylation sites (tertiary alicyclic amines) is 1. The van der Waals surface area contributed by atoms with Gasteiger partial charge in [-0.3, -0.25) is 4.90 Å². The number of benzene rings is 1. The third-order valence-corrected chi connectivity index (χ3v) is 4.95. The molecule has 0 bridgehead atoms. The number of nitrogens with one attached hydrogen (secondary N) is 1. The maximum atomic E-state index is 9.65. The maximum Gasteiger partial charge on any atom is 0.160 e. The quantitative estimate of drug-likeness (QED) is 0.893. The van der Waals surface area contributed by atoms with Gasteiger partial charge in [-0.1, -0.05) is 6.07 Å². The molecule has 2 saturated heterocycles. The van der Waals surface area contributed by atoms with Crippen LogP contribution in [0, 0.1) is 5.92 Å². The minimum atomic E-state index is 0.215. The number of hydrogen-bond donors (Lipinski definition) is 2. The smallest absolute Gasteiger partial charge is 0.160 e. The summed E-state index contributed by atoms with van der Waals surface area (Å²) in [5, 5.41) is 13.3. The zero-order valence-corrected chi connectivity index (χ0v) is 12.8. The fraction of sp³-hybridized carbons (Fsp3) is 0.647. The van der Waals surface area contributed by atoms with E-state index in [0.29, 0.717) is 5.75 Å². The normalized spacial score (nSPS) is 24.3. The molecule has 0 spiro atoms. The van der Waals surface area contributed by atoms with Crippen LogP contribution in [-0.2, 0) is 6.54 Å². The highest BCUT2D eigenvalue weighted by Crippen LogP contribution is 2.29. The van der Waals surface area contributed by atoms with Crippen molar-refractivity contribution in [3.05, 3.63) is 23.8 Å². The number of phenolic OH excluding ortho intramolecular Hbond substituents is 1. The van der Waals surface area contributed by atoms with Gasteiger partial charge in [0, 0.05) is 12.6 Å². The van der Waals surface area contributed by atoms with Crippen molar-refractivity contribution < 1.29 is 9.84 Å². The lowest BCUT2D eigenvalue weighted by molar-refractivity contribution is 0.157. The molecule has 2 N–H and O–H groups in total. The highest BCUT2D eigenvalue weighted by molar-refractivity contribution is 5.41. The fourth-order valence-electron chi connectivity index (χ4n) is 3.71. The second-order valence-electron chi connectivity index (χ2n) is 6.32. The van der Waals surface area contributed by atoms with E-state index in [-0.39, 0.29) is 5.75 Å². The van der Waals surface area contributed by atoms with Crippen LogP contribution in [0.15, 0.2) is 18.2 Å². The largest absolute Gasteiger partial charge is 0.504 e. The molecule has 4 heteroatoms. The van der Waals surface area contributed by atoms with Gasteiger partial charge in [-0.25, -0.2) is 0 Å². The Hall–Kier alpha value is -1.26. The molecule has 116 valence electrons. The van der Waals surface area contributed by atoms with Crippen molar-refractivity contribution in [2.75, 3.05) is 26.7 Å². The molecule has 1 aromatic carbocycles. The lowest BCUT2D eigenvalue weighted by Crippen LogP contribution is -2.40. The van der Waals surface area contributed by atoms with Crippen LogP contribution in [0.25, 0.3) is 0 Å². The third-order valence-electron chi connectivity index (χ3n) is 4.95. The Morgan fingerprint density at radius 3 is 2.76 bits per heavy atom. The van der Waals surface area contributed by atoms with Gasteiger partial charge in [0.15, 0.2) is 11.5 Å². The minimum absolute atomic E-state index is 0.215. The second-order valence-corrected chi connectivity index (χ2v) is 6.32. The van der Waals surface area contributed by atoms with Crippen LogP contribution in [0.3, 0.4) is 0 Å². The molecule has 0 aromatic heterocycles. The molecular weight excluding hydrogens is 264 g/mol. The number of methoxy groups -OCH3 is 1. The SMILES string of the molecule is COc1cc(CN2CCC(C3CCCN3)CC2)ccc1O. The van der Waals surface area contributed by atoms with Crippen molar-refractivity contribution >= 4 is 0 Å². The molecule has 1 unspecified atom stereocenters. The summed E-state index contributed by atoms with van der Waals surface area (Å²) in [6.45, 7) is 4.50. The van der Waals surface area contributed by atoms with Crippen molar-refractivity contribution in [2.24, 2.45) is 5.92 Å². The van der Waals surface area contributed by atoms with E-state index in [0.717, 1.165) is 18.5 Å². The van der Waals surface area contributed by atoms with Gasteiger partial charge in [0.1, 0.15) is 0 Å². The molecule has 2 heterocycles. The zero-order valence-electron chi connectivity index (χ0n) is 12.8. The molecule has 2 fully saturated rings. The van der Waals surface area contributed by atoms with Gasteiger partial charge in [0.2, 0.25) is 0 Å². The lowest BCUT2D eigenvalue weighted by Gasteiger charge is -2.35. The number of piperidine rings is 1. The average molecular weight is 290 g/mol. The number of phenols is 1. The molecule has 3 rings (SSSR count). The van der Waals surface area contributed by atoms with Crippen LogP contribution in [0.4, 0.5) is 0 Å². The number of aromatic hydroxyl groups is 1. The summed E-state index contributed by atoms with van der Waals surface area (Å²) in [6, 6.07) is 6.42. The predicted octanol–water partition coefficient (Wildman–Crippen LogP) is 2.36. The van der Waals surface area contributed by atoms with Crippen LogP contribution >= 0.6 is 0 Å². The van der Waals surface area contributed by atoms with Crippen LogP contribution < -0.4 is 10.1 Å². The van der Waals surface area contributed by atoms with Crippen molar-refractivity contribution in [2.45, 2.75) is 38.3 Å². The highest BCUT2D eigenvalue weighted by atomic mass is 16.5. The summed E-state index contributed by atoms with van der Waals surface area (Å²) >= 11 is 0. The molecule has 21 heavy (non-hydrogen) atoms. The molecule has 0 amide bonds. The Kier molecular flexibility index (Phi) is 4.66. The van der Waals surface area contributed by atoms with Gasteiger partial charge in [-0.05, 0) is 68.9 Å². The van der Waals surface area contributed by atoms with Crippen LogP contribution in [-0.4, -0.2) is 42.8 Å². The fourth-order valence-corrected chi connectivity index (χ4v) is 3.71. The summed E-state index contributed by atoms with van der Waals surface area (Å²) in [5.74, 6) is 1.64. The van der Waals surface area contributed by atoms with Gasteiger partial charge >= 0.3 is 0 Å². The topological polar surface area (TPSA) is 44.7 Å². The molecule has 4 nitrogen and oxygen atoms in total. The molecule has 2 aliphatic heterocycles. The lowest BCUT2D eigenvalue weighted by atomic mass is 9.88. The van der Waals surface area contributed by atoms with Crippen LogP contribution in [0.1, 0.15) is 31.2 Å². The molecular formula is C17H26N2O2. The first-order valence-corrected chi connectivity index (χ1v) is 8.08. The van der Waals surface area contributed by atoms with Crippen molar-refractivity contribution in [1.29, 1.82) is 0 Å². The molecule has 0 radical (unpaired) electrons. The van der Waals surface area contributed by atoms with Gasteiger partial charge in [0.05, 0.1) is 7.11 Å². The number of ether oxygens (including phenoxy) is 1. The Morgan fingerprint density at radius 2 is 2.10 bits per heavy atom. The summed E-state index contributed by atoms with van der Waals surface area (Å²) in [4.78, 5) is 2.51. The van der Waals surface area contributed by atoms with E-state index >= 15 is 0 Å². The number of nitrogens with zero attached hydrogens (tertiary/aromatic N) is 1. The predicted molar refractivity (Wildman–Crippen MR) is 83.7 cm³/mol. The van der Waals surface area contributed by atoms with Crippen molar-refractivity contribution in [3.8, 4) is 11.5 Å². The monoisotopic (exact) mass is 290 g/mol. The van der Waals surface area contributed by atoms with Gasteiger partial charge in [-0.2, -0.15) is 0 Å². The average Bonchev–Trinajstić information content (AvgIpc) is 3.04. The summed E-state index contributed by atoms with van der Waals surface area (Å²) in [7, 11) is 1.60. The van der Waals surface area contributed by atoms with Crippen LogP contribution in [0.2, 0.25) is 0 Å². The van der Waals surface area contributed by atoms with E-state index in [2.05, 4.69) is 10.2 Å². The molecule has 1 atom stereocenters. The van der Waals surface area contributed by atoms with Gasteiger partial charge in [-0.15, -0.1) is 0 Å². The Morgan fingerprint density at radius 1 is 1.29 bits per heavy atom. The Balaban J connectivity index is 1.53. The van der Waals surface area contributed by atoms with E-state index < -0.39 is 0 Å². The maximum absolute atomic E-state index is 9.65. The molecule has 0 aliphatic carbocycles. The summed E-state index contributed by atoms with van der Waals surface area (Å²) in [5.41, 5.74) is 1.21. The zero-order chi connectivity index (χ0) is 14.7. The summed E-state index contributed by atoms with van der Waals surface area (Å²) < 4.78 is 5.18. The second kappa shape index (κ2) is 6.67. The van der Waals surface area contributed by atoms with E-state index in [1.807, 2.05) is 12.1 Å². The van der Waals surface area contributed by atoms with Gasteiger partial charge < -0.3 is 15.2 Å². The Labute approximate surface area is 127 Å². The summed E-state index contributed by atoms with van der Waals surface area (Å²) in [6.07, 6.45) is 5.30. The van der Waals surface area contributed by atoms with Crippen LogP contribution in [0.5, 0.6) is 11.5 Å². The minimum Gasteiger partial charge on any atom is -0.504 e. The first-order chi connectivity index (χ1) is 10.3. The number of hydrogen-bond acceptors (Lipinski definition) is 4. The van der Waals surface area contributed by atoms with E-state index in [9.17, 15) is 5.11 Å². The Bertz CT molecular complexity index is 464. The molecule has 0 saturated carbocycles. The molecule has 1 aromatic rings. The van der Waals surface area contributed by atoms with Crippen molar-refractivity contribution in [1.82, 2.24) is 10.2 Å². The van der Waals surface area contributed by atoms with E-state index in [4.69, 9.17) is 4.74 Å². The van der Waals surface area contributed by atoms with Crippen molar-refractivity contribution in [3.63, 3.8) is 0 Å². The highest BCUT2D eigenvalue weighted by Gasteiger charge is 2.28. The molecule has 2 aliphatic rings. The van der Waals surface area contributed by atoms with E-state index in [1.54, 1.807) is 13.2 Å². The number of rotatable bonds is 4. The standard InChI is InChI=1S/C17H26N2O2/c1-21-17-11-13(4-5-16(17)20)12-19-9-6-14(7-10-19)15-3-2-8-18-15/h4-5,11,14-15,18,20H,2-3,6-10,12H2,1H3. The third kappa shape index (κ3) is 3.50. The first kappa shape index (κ1) is 14.7. The first-order valence-electron chi connectivity index (χ1n) is 8.08. The van der Waals surface area contributed by atoms with E-state index in [1.165, 1.54) is 50.9 Å². The van der Waals surface area contributed by atoms with Gasteiger partial charge in [0.25, 0.3) is 0 Å².